The Labute approximate surface area is 265 Å². The quantitative estimate of drug-likeness (QED) is 0.0598. The number of hydrogen-bond acceptors (Lipinski definition) is 9. The summed E-state index contributed by atoms with van der Waals surface area (Å²) in [6, 6.07) is -6.06. The second-order valence-corrected chi connectivity index (χ2v) is 12.0. The first-order valence-corrected chi connectivity index (χ1v) is 15.4. The first kappa shape index (κ1) is 41.2. The Morgan fingerprint density at radius 1 is 0.689 bits per heavy atom. The number of hydrogen-bond donors (Lipinski definition) is 9. The largest absolute Gasteiger partial charge is 0.480 e. The lowest BCUT2D eigenvalue weighted by atomic mass is 9.96. The summed E-state index contributed by atoms with van der Waals surface area (Å²) in [5.41, 5.74) is 16.3. The Morgan fingerprint density at radius 2 is 1.22 bits per heavy atom. The molecule has 0 aliphatic rings. The van der Waals surface area contributed by atoms with Gasteiger partial charge in [-0.05, 0) is 50.0 Å². The van der Waals surface area contributed by atoms with Gasteiger partial charge in [0.15, 0.2) is 0 Å². The summed E-state index contributed by atoms with van der Waals surface area (Å²) in [7, 11) is 0. The summed E-state index contributed by atoms with van der Waals surface area (Å²) in [6.45, 7) is 10.4. The third kappa shape index (κ3) is 15.7. The Balaban J connectivity index is 6.13. The molecule has 0 rings (SSSR count). The van der Waals surface area contributed by atoms with Gasteiger partial charge in [0, 0.05) is 0 Å². The van der Waals surface area contributed by atoms with Gasteiger partial charge >= 0.3 is 5.97 Å². The Morgan fingerprint density at radius 3 is 1.69 bits per heavy atom. The van der Waals surface area contributed by atoms with Crippen molar-refractivity contribution in [3.63, 3.8) is 0 Å². The minimum atomic E-state index is -1.49. The Bertz CT molecular complexity index is 1020. The molecule has 0 radical (unpaired) electrons. The highest BCUT2D eigenvalue weighted by Crippen LogP contribution is 2.12. The van der Waals surface area contributed by atoms with E-state index in [0.717, 1.165) is 0 Å². The molecule has 0 aromatic heterocycles. The van der Waals surface area contributed by atoms with Gasteiger partial charge in [-0.3, -0.25) is 28.8 Å². The predicted molar refractivity (Wildman–Crippen MR) is 167 cm³/mol. The van der Waals surface area contributed by atoms with Gasteiger partial charge < -0.3 is 48.9 Å². The molecular formula is C29H54N8O8. The highest BCUT2D eigenvalue weighted by molar-refractivity contribution is 5.97. The normalized spacial score (nSPS) is 15.2. The van der Waals surface area contributed by atoms with Crippen molar-refractivity contribution in [3.05, 3.63) is 0 Å². The summed E-state index contributed by atoms with van der Waals surface area (Å²) >= 11 is 0. The molecule has 16 nitrogen and oxygen atoms in total. The predicted octanol–water partition coefficient (Wildman–Crippen LogP) is -1.79. The smallest absolute Gasteiger partial charge is 0.326 e. The van der Waals surface area contributed by atoms with Gasteiger partial charge in [0.1, 0.15) is 30.2 Å². The fraction of sp³-hybridized carbons (Fsp3) is 0.759. The number of amides is 6. The van der Waals surface area contributed by atoms with E-state index in [2.05, 4.69) is 26.6 Å². The van der Waals surface area contributed by atoms with E-state index in [1.807, 2.05) is 13.8 Å². The van der Waals surface area contributed by atoms with Crippen LogP contribution in [0, 0.1) is 17.8 Å². The molecular weight excluding hydrogens is 588 g/mol. The van der Waals surface area contributed by atoms with Gasteiger partial charge in [0.25, 0.3) is 0 Å². The lowest BCUT2D eigenvalue weighted by Crippen LogP contribution is -2.60. The van der Waals surface area contributed by atoms with E-state index in [1.165, 1.54) is 0 Å². The van der Waals surface area contributed by atoms with Crippen molar-refractivity contribution in [2.24, 2.45) is 35.0 Å². The van der Waals surface area contributed by atoms with Crippen molar-refractivity contribution in [1.82, 2.24) is 26.6 Å². The maximum Gasteiger partial charge on any atom is 0.326 e. The van der Waals surface area contributed by atoms with E-state index < -0.39 is 89.9 Å². The molecule has 0 fully saturated rings. The van der Waals surface area contributed by atoms with E-state index in [4.69, 9.17) is 17.2 Å². The van der Waals surface area contributed by atoms with Crippen LogP contribution in [0.15, 0.2) is 0 Å². The van der Waals surface area contributed by atoms with Crippen molar-refractivity contribution < 1.29 is 38.7 Å². The van der Waals surface area contributed by atoms with Gasteiger partial charge in [0.2, 0.25) is 35.4 Å². The number of carbonyl (C=O) groups excluding carboxylic acids is 6. The van der Waals surface area contributed by atoms with Gasteiger partial charge in [-0.25, -0.2) is 4.79 Å². The van der Waals surface area contributed by atoms with Crippen LogP contribution in [0.2, 0.25) is 0 Å². The van der Waals surface area contributed by atoms with Crippen molar-refractivity contribution >= 4 is 41.4 Å². The molecule has 16 heteroatoms. The number of rotatable bonds is 22. The third-order valence-corrected chi connectivity index (χ3v) is 7.19. The molecule has 258 valence electrons. The van der Waals surface area contributed by atoms with Crippen molar-refractivity contribution in [3.8, 4) is 0 Å². The topological polar surface area (TPSA) is 278 Å². The zero-order chi connectivity index (χ0) is 34.9. The highest BCUT2D eigenvalue weighted by Gasteiger charge is 2.35. The Hall–Kier alpha value is -3.79. The molecule has 0 aromatic carbocycles. The monoisotopic (exact) mass is 642 g/mol. The van der Waals surface area contributed by atoms with Crippen molar-refractivity contribution in [1.29, 1.82) is 0 Å². The molecule has 45 heavy (non-hydrogen) atoms. The van der Waals surface area contributed by atoms with Crippen LogP contribution < -0.4 is 43.8 Å². The van der Waals surface area contributed by atoms with Crippen LogP contribution in [0.5, 0.6) is 0 Å². The molecule has 0 aromatic rings. The molecule has 0 saturated carbocycles. The first-order valence-electron chi connectivity index (χ1n) is 15.4. The fourth-order valence-electron chi connectivity index (χ4n) is 4.39. The van der Waals surface area contributed by atoms with E-state index in [0.29, 0.717) is 25.8 Å². The maximum absolute atomic E-state index is 13.5. The molecule has 6 atom stereocenters. The second kappa shape index (κ2) is 21.0. The Kier molecular flexibility index (Phi) is 19.3. The zero-order valence-corrected chi connectivity index (χ0v) is 27.3. The van der Waals surface area contributed by atoms with Crippen LogP contribution in [0.1, 0.15) is 80.1 Å². The zero-order valence-electron chi connectivity index (χ0n) is 27.3. The second-order valence-electron chi connectivity index (χ2n) is 12.0. The number of aliphatic carboxylic acids is 1. The molecule has 0 aliphatic carbocycles. The summed E-state index contributed by atoms with van der Waals surface area (Å²) < 4.78 is 0. The van der Waals surface area contributed by atoms with Crippen LogP contribution in [0.25, 0.3) is 0 Å². The summed E-state index contributed by atoms with van der Waals surface area (Å²) in [5.74, 6) is -6.64. The molecule has 0 bridgehead atoms. The molecule has 0 aliphatic heterocycles. The van der Waals surface area contributed by atoms with E-state index >= 15 is 0 Å². The lowest BCUT2D eigenvalue weighted by Gasteiger charge is -2.29. The van der Waals surface area contributed by atoms with Crippen LogP contribution in [-0.2, 0) is 33.6 Å². The highest BCUT2D eigenvalue weighted by atomic mass is 16.4. The van der Waals surface area contributed by atoms with Crippen molar-refractivity contribution in [2.75, 3.05) is 13.1 Å². The van der Waals surface area contributed by atoms with E-state index in [-0.39, 0.29) is 25.3 Å². The molecule has 0 saturated heterocycles. The van der Waals surface area contributed by atoms with Gasteiger partial charge in [-0.2, -0.15) is 0 Å². The van der Waals surface area contributed by atoms with Gasteiger partial charge in [-0.1, -0.05) is 48.0 Å². The molecule has 6 amide bonds. The number of unbranched alkanes of at least 4 members (excludes halogenated alkanes) is 1. The average molecular weight is 643 g/mol. The summed E-state index contributed by atoms with van der Waals surface area (Å²) in [5, 5.41) is 22.1. The number of carboxylic acids is 1. The number of nitrogens with two attached hydrogens (primary N) is 3. The molecule has 0 unspecified atom stereocenters. The average Bonchev–Trinajstić information content (AvgIpc) is 2.95. The molecule has 12 N–H and O–H groups in total. The van der Waals surface area contributed by atoms with Crippen LogP contribution >= 0.6 is 0 Å². The number of nitrogens with one attached hydrogen (secondary N) is 5. The first-order chi connectivity index (χ1) is 21.0. The number of primary amides is 1. The molecule has 0 spiro atoms. The minimum absolute atomic E-state index is 0.0279. The minimum Gasteiger partial charge on any atom is -0.480 e. The third-order valence-electron chi connectivity index (χ3n) is 7.19. The number of carboxylic acid groups (broad SMARTS) is 1. The lowest BCUT2D eigenvalue weighted by molar-refractivity contribution is -0.144. The van der Waals surface area contributed by atoms with Gasteiger partial charge in [0.05, 0.1) is 13.0 Å². The van der Waals surface area contributed by atoms with E-state index in [1.54, 1.807) is 27.7 Å². The number of carbonyl (C=O) groups is 7. The standard InChI is InChI=1S/C29H54N8O8/c1-7-17(6)24(28(43)36-23(16(4)5)29(44)45)37-25(40)18(10-8-9-11-30)34-27(42)20(13-21(32)38)35-26(41)19(12-15(2)3)33-22(39)14-31/h15-20,23-24H,7-14,30-31H2,1-6H3,(H2,32,38)(H,33,39)(H,34,42)(H,35,41)(H,36,43)(H,37,40)(H,44,45)/t17-,18-,19-,20-,23-,24-/m0/s1. The maximum atomic E-state index is 13.5. The summed E-state index contributed by atoms with van der Waals surface area (Å²) in [4.78, 5) is 88.6. The van der Waals surface area contributed by atoms with E-state index in [9.17, 15) is 38.7 Å². The van der Waals surface area contributed by atoms with Crippen LogP contribution in [0.4, 0.5) is 0 Å². The summed E-state index contributed by atoms with van der Waals surface area (Å²) in [6.07, 6.45) is 1.11. The fourth-order valence-corrected chi connectivity index (χ4v) is 4.39. The molecule has 0 heterocycles. The van der Waals surface area contributed by atoms with Crippen LogP contribution in [-0.4, -0.2) is 89.8 Å². The van der Waals surface area contributed by atoms with Gasteiger partial charge in [-0.15, -0.1) is 0 Å². The SMILES string of the molecule is CC[C@H](C)[C@H](NC(=O)[C@H](CCCCN)NC(=O)[C@H](CC(N)=O)NC(=O)[C@H](CC(C)C)NC(=O)CN)C(=O)N[C@H](C(=O)O)C(C)C. The van der Waals surface area contributed by atoms with Crippen LogP contribution in [0.3, 0.4) is 0 Å². The van der Waals surface area contributed by atoms with Crippen molar-refractivity contribution in [2.45, 2.75) is 110 Å².